The maximum Gasteiger partial charge on any atom is 0.143 e. The molecule has 1 saturated heterocycles. The Morgan fingerprint density at radius 1 is 1.50 bits per heavy atom. The van der Waals surface area contributed by atoms with Crippen molar-refractivity contribution in [3.63, 3.8) is 0 Å². The van der Waals surface area contributed by atoms with Gasteiger partial charge in [0.1, 0.15) is 5.84 Å². The maximum atomic E-state index is 9.79. The summed E-state index contributed by atoms with van der Waals surface area (Å²) in [5.41, 5.74) is 5.56. The smallest absolute Gasteiger partial charge is 0.143 e. The molecule has 92 valence electrons. The first-order valence-corrected chi connectivity index (χ1v) is 5.99. The highest BCUT2D eigenvalue weighted by atomic mass is 16.4. The minimum atomic E-state index is -0.117. The van der Waals surface area contributed by atoms with Crippen LogP contribution in [0, 0.1) is 17.8 Å². The van der Waals surface area contributed by atoms with Crippen LogP contribution in [0.1, 0.15) is 19.8 Å². The molecule has 1 aliphatic heterocycles. The molecule has 0 spiro atoms. The van der Waals surface area contributed by atoms with Crippen molar-refractivity contribution in [3.05, 3.63) is 0 Å². The van der Waals surface area contributed by atoms with E-state index in [-0.39, 0.29) is 17.9 Å². The van der Waals surface area contributed by atoms with Crippen molar-refractivity contribution in [2.24, 2.45) is 28.6 Å². The lowest BCUT2D eigenvalue weighted by molar-refractivity contribution is 0.123. The van der Waals surface area contributed by atoms with E-state index in [1.165, 1.54) is 0 Å². The molecule has 1 aliphatic carbocycles. The van der Waals surface area contributed by atoms with Crippen LogP contribution in [0.4, 0.5) is 0 Å². The van der Waals surface area contributed by atoms with Gasteiger partial charge in [0.2, 0.25) is 0 Å². The number of nitrogens with zero attached hydrogens (tertiary/aromatic N) is 2. The zero-order valence-corrected chi connectivity index (χ0v) is 9.71. The van der Waals surface area contributed by atoms with Crippen molar-refractivity contribution in [2.75, 3.05) is 19.6 Å². The highest BCUT2D eigenvalue weighted by Gasteiger charge is 2.41. The Kier molecular flexibility index (Phi) is 3.35. The van der Waals surface area contributed by atoms with Crippen molar-refractivity contribution in [1.29, 1.82) is 0 Å². The Morgan fingerprint density at radius 2 is 2.25 bits per heavy atom. The summed E-state index contributed by atoms with van der Waals surface area (Å²) in [5.74, 6) is 1.45. The molecule has 2 fully saturated rings. The van der Waals surface area contributed by atoms with Gasteiger partial charge in [0.25, 0.3) is 0 Å². The van der Waals surface area contributed by atoms with Gasteiger partial charge >= 0.3 is 0 Å². The molecule has 1 saturated carbocycles. The quantitative estimate of drug-likeness (QED) is 0.276. The van der Waals surface area contributed by atoms with E-state index < -0.39 is 0 Å². The second-order valence-corrected chi connectivity index (χ2v) is 5.21. The number of aliphatic hydroxyl groups excluding tert-OH is 1. The average Bonchev–Trinajstić information content (AvgIpc) is 2.80. The fraction of sp³-hybridized carbons (Fsp3) is 0.909. The van der Waals surface area contributed by atoms with Gasteiger partial charge in [0.15, 0.2) is 0 Å². The number of hydrogen-bond acceptors (Lipinski definition) is 4. The Morgan fingerprint density at radius 3 is 2.88 bits per heavy atom. The lowest BCUT2D eigenvalue weighted by Crippen LogP contribution is -2.34. The zero-order valence-electron chi connectivity index (χ0n) is 9.71. The van der Waals surface area contributed by atoms with Crippen LogP contribution >= 0.6 is 0 Å². The molecule has 0 aromatic heterocycles. The van der Waals surface area contributed by atoms with Crippen LogP contribution in [-0.2, 0) is 0 Å². The summed E-state index contributed by atoms with van der Waals surface area (Å²) in [7, 11) is 0. The normalized spacial score (nSPS) is 37.6. The molecule has 1 heterocycles. The molecule has 0 bridgehead atoms. The molecule has 4 atom stereocenters. The summed E-state index contributed by atoms with van der Waals surface area (Å²) in [5, 5.41) is 21.4. The monoisotopic (exact) mass is 227 g/mol. The molecule has 5 heteroatoms. The third kappa shape index (κ3) is 2.15. The number of fused-ring (bicyclic) bond motifs is 1. The van der Waals surface area contributed by atoms with Crippen molar-refractivity contribution in [2.45, 2.75) is 25.9 Å². The fourth-order valence-electron chi connectivity index (χ4n) is 3.06. The van der Waals surface area contributed by atoms with E-state index in [9.17, 15) is 5.11 Å². The SMILES string of the molecule is CC(CN1CC2CCC(O)C2C1)C(N)=NO. The standard InChI is InChI=1S/C11H21N3O2/c1-7(11(12)13-16)4-14-5-8-2-3-10(15)9(8)6-14/h7-10,15-16H,2-6H2,1H3,(H2,12,13). The summed E-state index contributed by atoms with van der Waals surface area (Å²) < 4.78 is 0. The molecule has 2 rings (SSSR count). The van der Waals surface area contributed by atoms with Gasteiger partial charge in [-0.15, -0.1) is 0 Å². The molecule has 0 aromatic carbocycles. The van der Waals surface area contributed by atoms with Crippen LogP contribution in [0.3, 0.4) is 0 Å². The molecule has 4 N–H and O–H groups in total. The van der Waals surface area contributed by atoms with Crippen LogP contribution in [0.5, 0.6) is 0 Å². The first kappa shape index (κ1) is 11.7. The third-order valence-corrected chi connectivity index (χ3v) is 4.05. The molecule has 0 radical (unpaired) electrons. The number of amidine groups is 1. The molecule has 0 amide bonds. The van der Waals surface area contributed by atoms with E-state index in [4.69, 9.17) is 10.9 Å². The number of oxime groups is 1. The Bertz CT molecular complexity index is 282. The molecular weight excluding hydrogens is 206 g/mol. The summed E-state index contributed by atoms with van der Waals surface area (Å²) >= 11 is 0. The average molecular weight is 227 g/mol. The topological polar surface area (TPSA) is 82.1 Å². The van der Waals surface area contributed by atoms with Crippen LogP contribution < -0.4 is 5.73 Å². The van der Waals surface area contributed by atoms with Crippen LogP contribution in [0.15, 0.2) is 5.16 Å². The first-order chi connectivity index (χ1) is 7.61. The van der Waals surface area contributed by atoms with Gasteiger partial charge in [0.05, 0.1) is 6.10 Å². The van der Waals surface area contributed by atoms with Crippen molar-refractivity contribution in [1.82, 2.24) is 4.90 Å². The predicted octanol–water partition coefficient (Wildman–Crippen LogP) is 0.0716. The van der Waals surface area contributed by atoms with Gasteiger partial charge in [0, 0.05) is 31.5 Å². The Balaban J connectivity index is 1.86. The van der Waals surface area contributed by atoms with E-state index in [0.29, 0.717) is 11.8 Å². The number of nitrogens with two attached hydrogens (primary N) is 1. The third-order valence-electron chi connectivity index (χ3n) is 4.05. The maximum absolute atomic E-state index is 9.79. The lowest BCUT2D eigenvalue weighted by Gasteiger charge is -2.21. The minimum absolute atomic E-state index is 0.0703. The molecule has 5 nitrogen and oxygen atoms in total. The van der Waals surface area contributed by atoms with Crippen molar-refractivity contribution < 1.29 is 10.3 Å². The summed E-state index contributed by atoms with van der Waals surface area (Å²) in [6.45, 7) is 4.77. The van der Waals surface area contributed by atoms with E-state index in [1.807, 2.05) is 6.92 Å². The van der Waals surface area contributed by atoms with Crippen LogP contribution in [-0.4, -0.2) is 46.8 Å². The van der Waals surface area contributed by atoms with E-state index in [0.717, 1.165) is 32.5 Å². The van der Waals surface area contributed by atoms with E-state index in [2.05, 4.69) is 10.1 Å². The second-order valence-electron chi connectivity index (χ2n) is 5.21. The Hall–Kier alpha value is -0.810. The van der Waals surface area contributed by atoms with Crippen LogP contribution in [0.25, 0.3) is 0 Å². The number of rotatable bonds is 3. The number of likely N-dealkylation sites (tertiary alicyclic amines) is 1. The lowest BCUT2D eigenvalue weighted by atomic mass is 10.00. The van der Waals surface area contributed by atoms with E-state index in [1.54, 1.807) is 0 Å². The summed E-state index contributed by atoms with van der Waals surface area (Å²) in [4.78, 5) is 2.32. The van der Waals surface area contributed by atoms with Gasteiger partial charge < -0.3 is 20.9 Å². The number of hydrogen-bond donors (Lipinski definition) is 3. The van der Waals surface area contributed by atoms with Crippen LogP contribution in [0.2, 0.25) is 0 Å². The number of aliphatic hydroxyl groups is 1. The molecule has 0 aromatic rings. The predicted molar refractivity (Wildman–Crippen MR) is 61.2 cm³/mol. The molecule has 2 aliphatic rings. The second kappa shape index (κ2) is 4.59. The van der Waals surface area contributed by atoms with Crippen molar-refractivity contribution >= 4 is 5.84 Å². The summed E-state index contributed by atoms with van der Waals surface area (Å²) in [6.07, 6.45) is 1.98. The first-order valence-electron chi connectivity index (χ1n) is 5.99. The molecule has 16 heavy (non-hydrogen) atoms. The fourth-order valence-corrected chi connectivity index (χ4v) is 3.06. The highest BCUT2D eigenvalue weighted by molar-refractivity contribution is 5.82. The van der Waals surface area contributed by atoms with E-state index >= 15 is 0 Å². The summed E-state index contributed by atoms with van der Waals surface area (Å²) in [6, 6.07) is 0. The molecule has 4 unspecified atom stereocenters. The highest BCUT2D eigenvalue weighted by Crippen LogP contribution is 2.38. The van der Waals surface area contributed by atoms with Gasteiger partial charge in [-0.3, -0.25) is 0 Å². The molecular formula is C11H21N3O2. The minimum Gasteiger partial charge on any atom is -0.409 e. The van der Waals surface area contributed by atoms with Gasteiger partial charge in [-0.1, -0.05) is 12.1 Å². The van der Waals surface area contributed by atoms with Gasteiger partial charge in [-0.05, 0) is 18.8 Å². The van der Waals surface area contributed by atoms with Crippen molar-refractivity contribution in [3.8, 4) is 0 Å². The van der Waals surface area contributed by atoms with Gasteiger partial charge in [-0.25, -0.2) is 0 Å². The largest absolute Gasteiger partial charge is 0.409 e. The van der Waals surface area contributed by atoms with Gasteiger partial charge in [-0.2, -0.15) is 0 Å². The zero-order chi connectivity index (χ0) is 11.7. The Labute approximate surface area is 95.9 Å².